The zero-order valence-corrected chi connectivity index (χ0v) is 13.4. The lowest BCUT2D eigenvalue weighted by Crippen LogP contribution is -2.53. The first-order valence-corrected chi connectivity index (χ1v) is 8.49. The summed E-state index contributed by atoms with van der Waals surface area (Å²) in [6.45, 7) is 1.73. The van der Waals surface area contributed by atoms with Crippen LogP contribution in [0.2, 0.25) is 0 Å². The average molecular weight is 316 g/mol. The molecular formula is C18H24N2O3. The smallest absolute Gasteiger partial charge is 0.410 e. The Labute approximate surface area is 137 Å². The van der Waals surface area contributed by atoms with Gasteiger partial charge in [-0.1, -0.05) is 36.8 Å². The van der Waals surface area contributed by atoms with Crippen molar-refractivity contribution in [3.05, 3.63) is 35.9 Å². The zero-order valence-electron chi connectivity index (χ0n) is 13.4. The highest BCUT2D eigenvalue weighted by Gasteiger charge is 2.33. The van der Waals surface area contributed by atoms with Gasteiger partial charge in [0.25, 0.3) is 0 Å². The van der Waals surface area contributed by atoms with E-state index in [0.29, 0.717) is 32.0 Å². The molecule has 2 fully saturated rings. The van der Waals surface area contributed by atoms with Crippen molar-refractivity contribution in [1.29, 1.82) is 0 Å². The van der Waals surface area contributed by atoms with Gasteiger partial charge in [-0.15, -0.1) is 0 Å². The van der Waals surface area contributed by atoms with Gasteiger partial charge in [-0.05, 0) is 30.7 Å². The minimum Gasteiger partial charge on any atom is -0.449 e. The molecule has 124 valence electrons. The van der Waals surface area contributed by atoms with Crippen molar-refractivity contribution in [2.75, 3.05) is 19.7 Å². The van der Waals surface area contributed by atoms with Crippen LogP contribution in [-0.2, 0) is 16.0 Å². The fourth-order valence-corrected chi connectivity index (χ4v) is 3.09. The number of amides is 2. The molecule has 3 rings (SSSR count). The molecule has 1 heterocycles. The third-order valence-corrected chi connectivity index (χ3v) is 4.74. The zero-order chi connectivity index (χ0) is 16.1. The second-order valence-electron chi connectivity index (χ2n) is 6.41. The fourth-order valence-electron chi connectivity index (χ4n) is 3.09. The summed E-state index contributed by atoms with van der Waals surface area (Å²) in [5.41, 5.74) is 1.05. The van der Waals surface area contributed by atoms with Crippen LogP contribution in [-0.4, -0.2) is 42.6 Å². The van der Waals surface area contributed by atoms with Crippen LogP contribution in [0.5, 0.6) is 0 Å². The second kappa shape index (κ2) is 7.49. The quantitative estimate of drug-likeness (QED) is 0.876. The van der Waals surface area contributed by atoms with Gasteiger partial charge in [0.1, 0.15) is 6.04 Å². The molecular weight excluding hydrogens is 292 g/mol. The molecule has 1 saturated heterocycles. The Kier molecular flexibility index (Phi) is 5.16. The van der Waals surface area contributed by atoms with Crippen molar-refractivity contribution in [1.82, 2.24) is 10.2 Å². The summed E-state index contributed by atoms with van der Waals surface area (Å²) in [4.78, 5) is 26.3. The minimum absolute atomic E-state index is 0.0698. The number of rotatable bonds is 6. The van der Waals surface area contributed by atoms with E-state index in [-0.39, 0.29) is 12.0 Å². The van der Waals surface area contributed by atoms with Gasteiger partial charge in [0.15, 0.2) is 0 Å². The molecule has 5 nitrogen and oxygen atoms in total. The topological polar surface area (TPSA) is 58.6 Å². The number of cyclic esters (lactones) is 1. The first-order chi connectivity index (χ1) is 11.2. The van der Waals surface area contributed by atoms with E-state index in [1.807, 2.05) is 30.3 Å². The molecule has 0 aromatic heterocycles. The van der Waals surface area contributed by atoms with Crippen molar-refractivity contribution in [2.24, 2.45) is 5.92 Å². The van der Waals surface area contributed by atoms with Crippen LogP contribution in [0.4, 0.5) is 4.79 Å². The molecule has 1 aromatic rings. The van der Waals surface area contributed by atoms with Crippen LogP contribution in [0.15, 0.2) is 30.3 Å². The van der Waals surface area contributed by atoms with E-state index in [4.69, 9.17) is 4.74 Å². The van der Waals surface area contributed by atoms with Crippen LogP contribution in [0.25, 0.3) is 0 Å². The Morgan fingerprint density at radius 2 is 2.04 bits per heavy atom. The maximum atomic E-state index is 12.7. The van der Waals surface area contributed by atoms with Gasteiger partial charge in [-0.2, -0.15) is 0 Å². The molecule has 0 radical (unpaired) electrons. The number of hydrogen-bond acceptors (Lipinski definition) is 3. The molecule has 1 aliphatic carbocycles. The third-order valence-electron chi connectivity index (χ3n) is 4.74. The van der Waals surface area contributed by atoms with E-state index >= 15 is 0 Å². The number of hydrogen-bond donors (Lipinski definition) is 1. The van der Waals surface area contributed by atoms with E-state index < -0.39 is 6.04 Å². The molecule has 23 heavy (non-hydrogen) atoms. The Morgan fingerprint density at radius 3 is 2.70 bits per heavy atom. The number of ether oxygens (including phenoxy) is 1. The predicted octanol–water partition coefficient (Wildman–Crippen LogP) is 2.36. The standard InChI is InChI=1S/C18H24N2O3/c21-17(19-13-15-8-4-9-15)16(12-14-6-2-1-3-7-14)20-10-5-11-23-18(20)22/h1-3,6-7,15-16H,4-5,8-13H2,(H,19,21). The highest BCUT2D eigenvalue weighted by Crippen LogP contribution is 2.25. The minimum atomic E-state index is -0.495. The van der Waals surface area contributed by atoms with Gasteiger partial charge in [-0.3, -0.25) is 9.69 Å². The highest BCUT2D eigenvalue weighted by molar-refractivity contribution is 5.86. The highest BCUT2D eigenvalue weighted by atomic mass is 16.6. The van der Waals surface area contributed by atoms with E-state index in [1.54, 1.807) is 4.90 Å². The maximum Gasteiger partial charge on any atom is 0.410 e. The van der Waals surface area contributed by atoms with Crippen LogP contribution < -0.4 is 5.32 Å². The molecule has 2 aliphatic rings. The summed E-state index contributed by atoms with van der Waals surface area (Å²) in [5, 5.41) is 3.03. The van der Waals surface area contributed by atoms with Crippen molar-refractivity contribution < 1.29 is 14.3 Å². The summed E-state index contributed by atoms with van der Waals surface area (Å²) in [6, 6.07) is 9.33. The SMILES string of the molecule is O=C(NCC1CCC1)C(Cc1ccccc1)N1CCCOC1=O. The maximum absolute atomic E-state index is 12.7. The van der Waals surface area contributed by atoms with Gasteiger partial charge in [-0.25, -0.2) is 4.79 Å². The Hall–Kier alpha value is -2.04. The molecule has 2 amide bonds. The van der Waals surface area contributed by atoms with Crippen molar-refractivity contribution in [3.63, 3.8) is 0 Å². The van der Waals surface area contributed by atoms with E-state index in [1.165, 1.54) is 19.3 Å². The van der Waals surface area contributed by atoms with Crippen LogP contribution in [0.1, 0.15) is 31.2 Å². The number of carbonyl (C=O) groups excluding carboxylic acids is 2. The predicted molar refractivity (Wildman–Crippen MR) is 87.0 cm³/mol. The van der Waals surface area contributed by atoms with E-state index in [2.05, 4.69) is 5.32 Å². The Bertz CT molecular complexity index is 542. The fraction of sp³-hybridized carbons (Fsp3) is 0.556. The third kappa shape index (κ3) is 4.03. The molecule has 1 unspecified atom stereocenters. The van der Waals surface area contributed by atoms with Crippen molar-refractivity contribution >= 4 is 12.0 Å². The second-order valence-corrected chi connectivity index (χ2v) is 6.41. The van der Waals surface area contributed by atoms with Gasteiger partial charge in [0.05, 0.1) is 6.61 Å². The lowest BCUT2D eigenvalue weighted by atomic mass is 9.85. The van der Waals surface area contributed by atoms with Crippen molar-refractivity contribution in [3.8, 4) is 0 Å². The summed E-state index contributed by atoms with van der Waals surface area (Å²) in [6.07, 6.45) is 4.55. The monoisotopic (exact) mass is 316 g/mol. The summed E-state index contributed by atoms with van der Waals surface area (Å²) < 4.78 is 5.12. The molecule has 1 aliphatic heterocycles. The molecule has 1 N–H and O–H groups in total. The summed E-state index contributed by atoms with van der Waals surface area (Å²) in [5.74, 6) is 0.532. The van der Waals surface area contributed by atoms with Crippen molar-refractivity contribution in [2.45, 2.75) is 38.1 Å². The summed E-state index contributed by atoms with van der Waals surface area (Å²) in [7, 11) is 0. The van der Waals surface area contributed by atoms with Gasteiger partial charge in [0.2, 0.25) is 5.91 Å². The van der Waals surface area contributed by atoms with Crippen LogP contribution >= 0.6 is 0 Å². The van der Waals surface area contributed by atoms with E-state index in [9.17, 15) is 9.59 Å². The number of carbonyl (C=O) groups is 2. The van der Waals surface area contributed by atoms with Crippen LogP contribution in [0.3, 0.4) is 0 Å². The summed E-state index contributed by atoms with van der Waals surface area (Å²) >= 11 is 0. The molecule has 1 saturated carbocycles. The number of benzene rings is 1. The van der Waals surface area contributed by atoms with Gasteiger partial charge in [0, 0.05) is 19.5 Å². The molecule has 1 aromatic carbocycles. The Balaban J connectivity index is 1.68. The lowest BCUT2D eigenvalue weighted by Gasteiger charge is -2.34. The molecule has 0 bridgehead atoms. The molecule has 0 spiro atoms. The first kappa shape index (κ1) is 15.8. The van der Waals surface area contributed by atoms with Gasteiger partial charge < -0.3 is 10.1 Å². The number of nitrogens with one attached hydrogen (secondary N) is 1. The first-order valence-electron chi connectivity index (χ1n) is 8.49. The molecule has 5 heteroatoms. The Morgan fingerprint density at radius 1 is 1.26 bits per heavy atom. The van der Waals surface area contributed by atoms with Gasteiger partial charge >= 0.3 is 6.09 Å². The normalized spacial score (nSPS) is 19.7. The largest absolute Gasteiger partial charge is 0.449 e. The lowest BCUT2D eigenvalue weighted by molar-refractivity contribution is -0.126. The van der Waals surface area contributed by atoms with Crippen LogP contribution in [0, 0.1) is 5.92 Å². The number of nitrogens with zero attached hydrogens (tertiary/aromatic N) is 1. The molecule has 1 atom stereocenters. The average Bonchev–Trinajstić information content (AvgIpc) is 2.53. The van der Waals surface area contributed by atoms with E-state index in [0.717, 1.165) is 12.0 Å².